The number of nitrogens with zero attached hydrogens (tertiary/aromatic N) is 3. The Hall–Kier alpha value is -0.750. The Bertz CT molecular complexity index is 596. The van der Waals surface area contributed by atoms with Crippen LogP contribution < -0.4 is 0 Å². The molecule has 0 aliphatic carbocycles. The van der Waals surface area contributed by atoms with Gasteiger partial charge in [-0.25, -0.2) is 10.0 Å². The van der Waals surface area contributed by atoms with E-state index in [1.807, 2.05) is 0 Å². The second-order valence-corrected chi connectivity index (χ2v) is 6.40. The lowest BCUT2D eigenvalue weighted by atomic mass is 10.3. The molecule has 3 rings (SSSR count). The Morgan fingerprint density at radius 3 is 2.78 bits per heavy atom. The Labute approximate surface area is 116 Å². The number of thiazole rings is 1. The van der Waals surface area contributed by atoms with E-state index in [0.29, 0.717) is 0 Å². The summed E-state index contributed by atoms with van der Waals surface area (Å²) in [5.74, 6) is 0. The quantitative estimate of drug-likeness (QED) is 0.799. The average Bonchev–Trinajstić information content (AvgIpc) is 2.98. The van der Waals surface area contributed by atoms with Crippen LogP contribution in [0.5, 0.6) is 0 Å². The standard InChI is InChI=1S/C13H17N3S2/c1-14(15-8-4-5-9-15)10-16-11-6-2-3-7-12(11)18-13(16)17/h2-3,6-7H,4-5,8-10H2,1H3. The van der Waals surface area contributed by atoms with E-state index >= 15 is 0 Å². The van der Waals surface area contributed by atoms with Gasteiger partial charge < -0.3 is 4.57 Å². The van der Waals surface area contributed by atoms with E-state index in [2.05, 4.69) is 45.9 Å². The van der Waals surface area contributed by atoms with Crippen molar-refractivity contribution in [2.45, 2.75) is 19.5 Å². The van der Waals surface area contributed by atoms with Gasteiger partial charge in [0.25, 0.3) is 0 Å². The first-order valence-corrected chi connectivity index (χ1v) is 7.52. The summed E-state index contributed by atoms with van der Waals surface area (Å²) in [5, 5.41) is 4.70. The molecule has 1 aromatic carbocycles. The second kappa shape index (κ2) is 5.09. The average molecular weight is 279 g/mol. The first-order valence-electron chi connectivity index (χ1n) is 6.30. The predicted molar refractivity (Wildman–Crippen MR) is 79.2 cm³/mol. The molecule has 0 radical (unpaired) electrons. The van der Waals surface area contributed by atoms with Gasteiger partial charge in [0.2, 0.25) is 0 Å². The number of para-hydroxylation sites is 1. The molecule has 1 aliphatic heterocycles. The summed E-state index contributed by atoms with van der Waals surface area (Å²) in [5.41, 5.74) is 1.25. The summed E-state index contributed by atoms with van der Waals surface area (Å²) in [6.45, 7) is 3.20. The Kier molecular flexibility index (Phi) is 3.48. The van der Waals surface area contributed by atoms with Crippen molar-refractivity contribution in [1.82, 2.24) is 14.6 Å². The SMILES string of the molecule is CN(Cn1c(=S)sc2ccccc21)N1CCCC1. The van der Waals surface area contributed by atoms with Crippen molar-refractivity contribution in [3.05, 3.63) is 28.2 Å². The van der Waals surface area contributed by atoms with Crippen LogP contribution in [0, 0.1) is 3.95 Å². The highest BCUT2D eigenvalue weighted by atomic mass is 32.1. The largest absolute Gasteiger partial charge is 0.308 e. The molecule has 0 atom stereocenters. The van der Waals surface area contributed by atoms with Gasteiger partial charge in [-0.1, -0.05) is 12.1 Å². The van der Waals surface area contributed by atoms with Gasteiger partial charge in [-0.15, -0.1) is 11.3 Å². The first kappa shape index (κ1) is 12.3. The van der Waals surface area contributed by atoms with Crippen LogP contribution in [0.2, 0.25) is 0 Å². The molecule has 0 saturated carbocycles. The molecule has 0 spiro atoms. The molecular formula is C13H17N3S2. The van der Waals surface area contributed by atoms with Crippen LogP contribution in [0.1, 0.15) is 12.8 Å². The fourth-order valence-corrected chi connectivity index (χ4v) is 3.79. The Balaban J connectivity index is 1.89. The van der Waals surface area contributed by atoms with Crippen LogP contribution in [0.15, 0.2) is 24.3 Å². The van der Waals surface area contributed by atoms with Crippen molar-refractivity contribution < 1.29 is 0 Å². The van der Waals surface area contributed by atoms with Gasteiger partial charge in [-0.05, 0) is 37.2 Å². The zero-order valence-electron chi connectivity index (χ0n) is 10.5. The van der Waals surface area contributed by atoms with Gasteiger partial charge in [0.05, 0.1) is 16.9 Å². The topological polar surface area (TPSA) is 11.4 Å². The minimum absolute atomic E-state index is 0.850. The molecule has 0 amide bonds. The van der Waals surface area contributed by atoms with Gasteiger partial charge in [0.15, 0.2) is 3.95 Å². The van der Waals surface area contributed by atoms with Gasteiger partial charge in [0.1, 0.15) is 0 Å². The number of aromatic nitrogens is 1. The molecule has 1 saturated heterocycles. The number of hydrazine groups is 1. The predicted octanol–water partition coefficient (Wildman–Crippen LogP) is 3.33. The molecule has 2 heterocycles. The number of hydrogen-bond donors (Lipinski definition) is 0. The summed E-state index contributed by atoms with van der Waals surface area (Å²) >= 11 is 7.18. The highest BCUT2D eigenvalue weighted by molar-refractivity contribution is 7.73. The third-order valence-electron chi connectivity index (χ3n) is 3.49. The molecule has 1 fully saturated rings. The maximum Gasteiger partial charge on any atom is 0.163 e. The number of benzene rings is 1. The molecule has 1 aromatic heterocycles. The fraction of sp³-hybridized carbons (Fsp3) is 0.462. The van der Waals surface area contributed by atoms with E-state index in [9.17, 15) is 0 Å². The lowest BCUT2D eigenvalue weighted by Gasteiger charge is -2.28. The highest BCUT2D eigenvalue weighted by Gasteiger charge is 2.17. The number of fused-ring (bicyclic) bond motifs is 1. The van der Waals surface area contributed by atoms with Crippen LogP contribution >= 0.6 is 23.6 Å². The third-order valence-corrected chi connectivity index (χ3v) is 4.92. The lowest BCUT2D eigenvalue weighted by Crippen LogP contribution is -2.38. The van der Waals surface area contributed by atoms with Crippen molar-refractivity contribution in [3.63, 3.8) is 0 Å². The van der Waals surface area contributed by atoms with Gasteiger partial charge in [0, 0.05) is 20.1 Å². The van der Waals surface area contributed by atoms with E-state index in [0.717, 1.165) is 10.6 Å². The van der Waals surface area contributed by atoms with Crippen molar-refractivity contribution in [2.24, 2.45) is 0 Å². The summed E-state index contributed by atoms with van der Waals surface area (Å²) in [4.78, 5) is 0. The normalized spacial score (nSPS) is 17.0. The smallest absolute Gasteiger partial charge is 0.163 e. The molecule has 2 aromatic rings. The Morgan fingerprint density at radius 1 is 1.28 bits per heavy atom. The van der Waals surface area contributed by atoms with Crippen molar-refractivity contribution in [2.75, 3.05) is 20.1 Å². The zero-order valence-corrected chi connectivity index (χ0v) is 12.1. The van der Waals surface area contributed by atoms with Crippen molar-refractivity contribution in [1.29, 1.82) is 0 Å². The van der Waals surface area contributed by atoms with E-state index < -0.39 is 0 Å². The van der Waals surface area contributed by atoms with E-state index in [1.54, 1.807) is 11.3 Å². The summed E-state index contributed by atoms with van der Waals surface area (Å²) < 4.78 is 4.47. The van der Waals surface area contributed by atoms with Crippen molar-refractivity contribution in [3.8, 4) is 0 Å². The van der Waals surface area contributed by atoms with Crippen LogP contribution in [0.4, 0.5) is 0 Å². The monoisotopic (exact) mass is 279 g/mol. The minimum atomic E-state index is 0.850. The van der Waals surface area contributed by atoms with Gasteiger partial charge >= 0.3 is 0 Å². The molecule has 0 unspecified atom stereocenters. The minimum Gasteiger partial charge on any atom is -0.308 e. The zero-order chi connectivity index (χ0) is 12.5. The molecule has 18 heavy (non-hydrogen) atoms. The van der Waals surface area contributed by atoms with E-state index in [1.165, 1.54) is 36.1 Å². The molecule has 3 nitrogen and oxygen atoms in total. The van der Waals surface area contributed by atoms with E-state index in [-0.39, 0.29) is 0 Å². The fourth-order valence-electron chi connectivity index (χ4n) is 2.48. The molecule has 0 N–H and O–H groups in total. The maximum atomic E-state index is 5.48. The number of hydrogen-bond acceptors (Lipinski definition) is 4. The first-order chi connectivity index (χ1) is 8.75. The molecule has 0 bridgehead atoms. The summed E-state index contributed by atoms with van der Waals surface area (Å²) in [6.07, 6.45) is 2.61. The van der Waals surface area contributed by atoms with Crippen molar-refractivity contribution >= 4 is 33.8 Å². The maximum absolute atomic E-state index is 5.48. The number of rotatable bonds is 3. The Morgan fingerprint density at radius 2 is 2.00 bits per heavy atom. The van der Waals surface area contributed by atoms with Crippen LogP contribution in [-0.2, 0) is 6.67 Å². The lowest BCUT2D eigenvalue weighted by molar-refractivity contribution is -0.00343. The molecule has 5 heteroatoms. The van der Waals surface area contributed by atoms with E-state index in [4.69, 9.17) is 12.2 Å². The molecule has 96 valence electrons. The molecule has 1 aliphatic rings. The van der Waals surface area contributed by atoms with Crippen LogP contribution in [0.3, 0.4) is 0 Å². The highest BCUT2D eigenvalue weighted by Crippen LogP contribution is 2.23. The second-order valence-electron chi connectivity index (χ2n) is 4.72. The van der Waals surface area contributed by atoms with Gasteiger partial charge in [-0.2, -0.15) is 0 Å². The molecular weight excluding hydrogens is 262 g/mol. The summed E-state index contributed by atoms with van der Waals surface area (Å²) in [6, 6.07) is 8.44. The van der Waals surface area contributed by atoms with Gasteiger partial charge in [-0.3, -0.25) is 0 Å². The van der Waals surface area contributed by atoms with Crippen LogP contribution in [0.25, 0.3) is 10.2 Å². The van der Waals surface area contributed by atoms with Crippen LogP contribution in [-0.4, -0.2) is 34.7 Å². The third kappa shape index (κ3) is 2.23. The summed E-state index contributed by atoms with van der Waals surface area (Å²) in [7, 11) is 2.15.